The Balaban J connectivity index is 1.93. The summed E-state index contributed by atoms with van der Waals surface area (Å²) >= 11 is 1.56. The molecule has 22 heavy (non-hydrogen) atoms. The lowest BCUT2D eigenvalue weighted by molar-refractivity contribution is 0.683. The number of aryl methyl sites for hydroxylation is 2. The van der Waals surface area contributed by atoms with Gasteiger partial charge in [-0.2, -0.15) is 0 Å². The van der Waals surface area contributed by atoms with E-state index in [0.717, 1.165) is 15.8 Å². The molecule has 8 heteroatoms. The van der Waals surface area contributed by atoms with Gasteiger partial charge in [-0.15, -0.1) is 11.3 Å². The van der Waals surface area contributed by atoms with E-state index in [1.165, 1.54) is 10.9 Å². The predicted molar refractivity (Wildman–Crippen MR) is 86.5 cm³/mol. The third-order valence-electron chi connectivity index (χ3n) is 3.43. The highest BCUT2D eigenvalue weighted by atomic mass is 32.1. The maximum Gasteiger partial charge on any atom is 0.328 e. The molecule has 0 spiro atoms. The maximum absolute atomic E-state index is 11.9. The summed E-state index contributed by atoms with van der Waals surface area (Å²) in [7, 11) is 0. The van der Waals surface area contributed by atoms with E-state index in [9.17, 15) is 9.59 Å². The summed E-state index contributed by atoms with van der Waals surface area (Å²) in [6, 6.07) is 0. The lowest BCUT2D eigenvalue weighted by atomic mass is 10.2. The number of fused-ring (bicyclic) bond motifs is 1. The number of hydrogen-bond acceptors (Lipinski definition) is 6. The van der Waals surface area contributed by atoms with Crippen LogP contribution in [0.4, 0.5) is 5.82 Å². The Morgan fingerprint density at radius 1 is 1.36 bits per heavy atom. The largest absolute Gasteiger partial charge is 0.365 e. The minimum absolute atomic E-state index is 0.289. The average molecular weight is 317 g/mol. The molecule has 7 nitrogen and oxygen atoms in total. The quantitative estimate of drug-likeness (QED) is 0.760. The van der Waals surface area contributed by atoms with Crippen LogP contribution in [0.1, 0.15) is 18.1 Å². The Labute approximate surface area is 129 Å². The molecule has 0 bridgehead atoms. The highest BCUT2D eigenvalue weighted by Gasteiger charge is 2.10. The molecule has 0 saturated carbocycles. The molecule has 0 saturated heterocycles. The molecule has 3 heterocycles. The number of hydrogen-bond donors (Lipinski definition) is 2. The second kappa shape index (κ2) is 5.72. The van der Waals surface area contributed by atoms with Crippen molar-refractivity contribution in [1.29, 1.82) is 0 Å². The molecule has 0 atom stereocenters. The van der Waals surface area contributed by atoms with Gasteiger partial charge in [0.25, 0.3) is 5.56 Å². The summed E-state index contributed by atoms with van der Waals surface area (Å²) in [6.45, 7) is 4.64. The molecule has 0 amide bonds. The molecule has 3 aromatic heterocycles. The minimum atomic E-state index is -0.394. The Morgan fingerprint density at radius 3 is 2.95 bits per heavy atom. The van der Waals surface area contributed by atoms with Gasteiger partial charge in [-0.3, -0.25) is 9.78 Å². The van der Waals surface area contributed by atoms with Gasteiger partial charge in [0.15, 0.2) is 0 Å². The third-order valence-corrected chi connectivity index (χ3v) is 4.43. The fourth-order valence-corrected chi connectivity index (χ4v) is 3.14. The highest BCUT2D eigenvalue weighted by Crippen LogP contribution is 2.28. The number of anilines is 1. The van der Waals surface area contributed by atoms with Gasteiger partial charge in [0.1, 0.15) is 17.0 Å². The summed E-state index contributed by atoms with van der Waals surface area (Å²) in [5.74, 6) is 0.692. The fraction of sp³-hybridized carbons (Fsp3) is 0.286. The Hall–Kier alpha value is -2.48. The maximum atomic E-state index is 11.9. The highest BCUT2D eigenvalue weighted by molar-refractivity contribution is 7.17. The molecule has 3 aromatic rings. The number of aromatic amines is 1. The van der Waals surface area contributed by atoms with Crippen molar-refractivity contribution in [3.8, 4) is 0 Å². The molecule has 0 unspecified atom stereocenters. The smallest absolute Gasteiger partial charge is 0.328 e. The first-order valence-corrected chi connectivity index (χ1v) is 7.73. The number of nitrogens with one attached hydrogen (secondary N) is 2. The zero-order valence-electron chi connectivity index (χ0n) is 12.2. The SMILES string of the molecule is CCn1cc(CNc2ncnc3scc(C)c23)c(=O)[nH]c1=O. The first-order chi connectivity index (χ1) is 10.6. The first kappa shape index (κ1) is 14.5. The van der Waals surface area contributed by atoms with Gasteiger partial charge in [-0.05, 0) is 24.8 Å². The molecule has 0 aliphatic heterocycles. The predicted octanol–water partition coefficient (Wildman–Crippen LogP) is 1.48. The van der Waals surface area contributed by atoms with Crippen LogP contribution >= 0.6 is 11.3 Å². The molecule has 0 radical (unpaired) electrons. The monoisotopic (exact) mass is 317 g/mol. The van der Waals surface area contributed by atoms with Crippen LogP contribution in [-0.2, 0) is 13.1 Å². The van der Waals surface area contributed by atoms with Gasteiger partial charge in [0.05, 0.1) is 10.9 Å². The van der Waals surface area contributed by atoms with Crippen molar-refractivity contribution in [2.24, 2.45) is 0 Å². The van der Waals surface area contributed by atoms with Crippen molar-refractivity contribution in [3.63, 3.8) is 0 Å². The first-order valence-electron chi connectivity index (χ1n) is 6.85. The average Bonchev–Trinajstić information content (AvgIpc) is 2.89. The summed E-state index contributed by atoms with van der Waals surface area (Å²) in [6.07, 6.45) is 3.07. The van der Waals surface area contributed by atoms with E-state index in [1.807, 2.05) is 19.2 Å². The van der Waals surface area contributed by atoms with E-state index < -0.39 is 5.69 Å². The molecular weight excluding hydrogens is 302 g/mol. The zero-order chi connectivity index (χ0) is 15.7. The number of thiophene rings is 1. The second-order valence-electron chi connectivity index (χ2n) is 4.87. The van der Waals surface area contributed by atoms with Gasteiger partial charge in [0.2, 0.25) is 0 Å². The van der Waals surface area contributed by atoms with Gasteiger partial charge >= 0.3 is 5.69 Å². The van der Waals surface area contributed by atoms with Crippen LogP contribution in [-0.4, -0.2) is 19.5 Å². The standard InChI is InChI=1S/C14H15N5O2S/c1-3-19-5-9(12(20)18-14(19)21)4-15-11-10-8(2)6-22-13(10)17-7-16-11/h5-7H,3-4H2,1-2H3,(H,15,16,17)(H,18,20,21). The summed E-state index contributed by atoms with van der Waals surface area (Å²) in [5, 5.41) is 6.15. The van der Waals surface area contributed by atoms with Crippen molar-refractivity contribution in [3.05, 3.63) is 49.9 Å². The van der Waals surface area contributed by atoms with Gasteiger partial charge in [-0.1, -0.05) is 0 Å². The van der Waals surface area contributed by atoms with Crippen LogP contribution < -0.4 is 16.6 Å². The summed E-state index contributed by atoms with van der Waals surface area (Å²) in [4.78, 5) is 35.1. The van der Waals surface area contributed by atoms with Crippen molar-refractivity contribution < 1.29 is 0 Å². The van der Waals surface area contributed by atoms with Crippen LogP contribution in [0.3, 0.4) is 0 Å². The number of rotatable bonds is 4. The third kappa shape index (κ3) is 2.52. The lowest BCUT2D eigenvalue weighted by Gasteiger charge is -2.08. The number of aromatic nitrogens is 4. The molecule has 114 valence electrons. The molecule has 3 rings (SSSR count). The fourth-order valence-electron chi connectivity index (χ4n) is 2.25. The van der Waals surface area contributed by atoms with E-state index in [0.29, 0.717) is 17.9 Å². The van der Waals surface area contributed by atoms with Gasteiger partial charge in [0, 0.05) is 19.3 Å². The van der Waals surface area contributed by atoms with Gasteiger partial charge in [-0.25, -0.2) is 14.8 Å². The van der Waals surface area contributed by atoms with Crippen LogP contribution in [0.25, 0.3) is 10.2 Å². The molecule has 0 aliphatic carbocycles. The van der Waals surface area contributed by atoms with Crippen LogP contribution in [0.5, 0.6) is 0 Å². The van der Waals surface area contributed by atoms with E-state index >= 15 is 0 Å². The zero-order valence-corrected chi connectivity index (χ0v) is 13.0. The Kier molecular flexibility index (Phi) is 3.76. The van der Waals surface area contributed by atoms with Crippen LogP contribution in [0.15, 0.2) is 27.5 Å². The molecule has 2 N–H and O–H groups in total. The molecule has 0 aromatic carbocycles. The number of H-pyrrole nitrogens is 1. The number of nitrogens with zero attached hydrogens (tertiary/aromatic N) is 3. The van der Waals surface area contributed by atoms with Crippen LogP contribution in [0.2, 0.25) is 0 Å². The van der Waals surface area contributed by atoms with Crippen LogP contribution in [0, 0.1) is 6.92 Å². The topological polar surface area (TPSA) is 92.7 Å². The molecule has 0 fully saturated rings. The van der Waals surface area contributed by atoms with E-state index in [-0.39, 0.29) is 12.1 Å². The van der Waals surface area contributed by atoms with Crippen molar-refractivity contribution in [2.45, 2.75) is 26.9 Å². The van der Waals surface area contributed by atoms with Crippen molar-refractivity contribution in [2.75, 3.05) is 5.32 Å². The minimum Gasteiger partial charge on any atom is -0.365 e. The molecular formula is C14H15N5O2S. The van der Waals surface area contributed by atoms with Crippen molar-refractivity contribution in [1.82, 2.24) is 19.5 Å². The second-order valence-corrected chi connectivity index (χ2v) is 5.73. The van der Waals surface area contributed by atoms with E-state index in [1.54, 1.807) is 17.5 Å². The lowest BCUT2D eigenvalue weighted by Crippen LogP contribution is -2.32. The normalized spacial score (nSPS) is 11.0. The Morgan fingerprint density at radius 2 is 2.18 bits per heavy atom. The van der Waals surface area contributed by atoms with E-state index in [4.69, 9.17) is 0 Å². The Bertz CT molecular complexity index is 940. The van der Waals surface area contributed by atoms with E-state index in [2.05, 4.69) is 20.3 Å². The van der Waals surface area contributed by atoms with Crippen molar-refractivity contribution >= 4 is 27.4 Å². The summed E-state index contributed by atoms with van der Waals surface area (Å²) < 4.78 is 1.46. The van der Waals surface area contributed by atoms with Gasteiger partial charge < -0.3 is 9.88 Å². The summed E-state index contributed by atoms with van der Waals surface area (Å²) in [5.41, 5.74) is 0.806. The molecule has 0 aliphatic rings.